The van der Waals surface area contributed by atoms with E-state index in [0.717, 1.165) is 5.56 Å². The van der Waals surface area contributed by atoms with Crippen LogP contribution in [0.25, 0.3) is 0 Å². The van der Waals surface area contributed by atoms with Crippen molar-refractivity contribution in [2.45, 2.75) is 13.1 Å². The highest BCUT2D eigenvalue weighted by molar-refractivity contribution is 5.97. The van der Waals surface area contributed by atoms with E-state index in [4.69, 9.17) is 23.4 Å². The first-order chi connectivity index (χ1) is 17.1. The molecule has 2 aliphatic rings. The van der Waals surface area contributed by atoms with Crippen LogP contribution in [0.4, 0.5) is 0 Å². The third-order valence-corrected chi connectivity index (χ3v) is 5.67. The van der Waals surface area contributed by atoms with Crippen LogP contribution in [0.5, 0.6) is 23.0 Å². The third-order valence-electron chi connectivity index (χ3n) is 5.67. The fourth-order valence-corrected chi connectivity index (χ4v) is 3.93. The van der Waals surface area contributed by atoms with Crippen LogP contribution >= 0.6 is 0 Å². The summed E-state index contributed by atoms with van der Waals surface area (Å²) in [6.07, 6.45) is 3.15. The molecule has 2 aromatic carbocycles. The molecule has 2 aliphatic heterocycles. The highest BCUT2D eigenvalue weighted by Gasteiger charge is 2.25. The van der Waals surface area contributed by atoms with Crippen molar-refractivity contribution in [1.82, 2.24) is 9.80 Å². The number of amides is 2. The second kappa shape index (κ2) is 9.84. The van der Waals surface area contributed by atoms with Crippen molar-refractivity contribution >= 4 is 11.8 Å². The minimum atomic E-state index is -0.308. The van der Waals surface area contributed by atoms with Gasteiger partial charge in [0.25, 0.3) is 5.91 Å². The number of furan rings is 1. The predicted molar refractivity (Wildman–Crippen MR) is 124 cm³/mol. The normalized spacial score (nSPS) is 12.9. The molecule has 3 aromatic rings. The van der Waals surface area contributed by atoms with Crippen molar-refractivity contribution in [3.63, 3.8) is 0 Å². The Balaban J connectivity index is 1.34. The zero-order valence-corrected chi connectivity index (χ0v) is 19.0. The first-order valence-electron chi connectivity index (χ1n) is 11.1. The summed E-state index contributed by atoms with van der Waals surface area (Å²) in [6, 6.07) is 14.1. The summed E-state index contributed by atoms with van der Waals surface area (Å²) < 4.78 is 27.0. The molecule has 180 valence electrons. The molecule has 0 bridgehead atoms. The first-order valence-corrected chi connectivity index (χ1v) is 11.1. The van der Waals surface area contributed by atoms with Gasteiger partial charge in [-0.25, -0.2) is 0 Å². The zero-order valence-electron chi connectivity index (χ0n) is 19.0. The summed E-state index contributed by atoms with van der Waals surface area (Å²) in [6.45, 7) is 4.66. The third kappa shape index (κ3) is 4.93. The van der Waals surface area contributed by atoms with Crippen LogP contribution in [0.15, 0.2) is 71.9 Å². The summed E-state index contributed by atoms with van der Waals surface area (Å²) in [5.41, 5.74) is 1.27. The van der Waals surface area contributed by atoms with E-state index in [1.807, 2.05) is 18.2 Å². The second-order valence-electron chi connectivity index (χ2n) is 8.06. The zero-order chi connectivity index (χ0) is 24.2. The lowest BCUT2D eigenvalue weighted by molar-refractivity contribution is -0.133. The minimum Gasteiger partial charge on any atom is -0.467 e. The molecule has 3 heterocycles. The van der Waals surface area contributed by atoms with E-state index in [9.17, 15) is 9.59 Å². The van der Waals surface area contributed by atoms with Gasteiger partial charge >= 0.3 is 0 Å². The van der Waals surface area contributed by atoms with Gasteiger partial charge in [0.1, 0.15) is 12.3 Å². The first kappa shape index (κ1) is 22.4. The molecule has 0 spiro atoms. The van der Waals surface area contributed by atoms with Crippen LogP contribution in [-0.2, 0) is 17.9 Å². The lowest BCUT2D eigenvalue weighted by atomic mass is 10.1. The molecule has 2 amide bonds. The summed E-state index contributed by atoms with van der Waals surface area (Å²) >= 11 is 0. The molecule has 5 rings (SSSR count). The number of ether oxygens (including phenoxy) is 4. The van der Waals surface area contributed by atoms with Crippen molar-refractivity contribution in [3.05, 3.63) is 84.3 Å². The molecule has 0 fully saturated rings. The van der Waals surface area contributed by atoms with E-state index in [1.165, 1.54) is 4.90 Å². The van der Waals surface area contributed by atoms with E-state index in [-0.39, 0.29) is 45.0 Å². The van der Waals surface area contributed by atoms with Gasteiger partial charge in [0, 0.05) is 18.7 Å². The molecule has 0 radical (unpaired) electrons. The van der Waals surface area contributed by atoms with Crippen LogP contribution in [0.3, 0.4) is 0 Å². The molecule has 0 saturated heterocycles. The largest absolute Gasteiger partial charge is 0.467 e. The van der Waals surface area contributed by atoms with Crippen molar-refractivity contribution in [2.24, 2.45) is 0 Å². The van der Waals surface area contributed by atoms with Gasteiger partial charge < -0.3 is 33.2 Å². The molecule has 0 aliphatic carbocycles. The highest BCUT2D eigenvalue weighted by atomic mass is 16.7. The van der Waals surface area contributed by atoms with Crippen LogP contribution in [-0.4, -0.2) is 48.3 Å². The Bertz CT molecular complexity index is 1240. The molecule has 35 heavy (non-hydrogen) atoms. The molecule has 0 unspecified atom stereocenters. The highest BCUT2D eigenvalue weighted by Crippen LogP contribution is 2.34. The Morgan fingerprint density at radius 2 is 1.57 bits per heavy atom. The van der Waals surface area contributed by atoms with E-state index in [1.54, 1.807) is 47.6 Å². The van der Waals surface area contributed by atoms with E-state index >= 15 is 0 Å². The summed E-state index contributed by atoms with van der Waals surface area (Å²) in [4.78, 5) is 29.8. The Morgan fingerprint density at radius 1 is 0.857 bits per heavy atom. The number of hydrogen-bond acceptors (Lipinski definition) is 7. The molecular weight excluding hydrogens is 452 g/mol. The molecule has 0 N–H and O–H groups in total. The summed E-state index contributed by atoms with van der Waals surface area (Å²) in [7, 11) is 0. The van der Waals surface area contributed by atoms with Crippen LogP contribution in [0, 0.1) is 0 Å². The van der Waals surface area contributed by atoms with Gasteiger partial charge in [0.15, 0.2) is 23.0 Å². The summed E-state index contributed by atoms with van der Waals surface area (Å²) in [5, 5.41) is 0. The Morgan fingerprint density at radius 3 is 2.29 bits per heavy atom. The van der Waals surface area contributed by atoms with Crippen LogP contribution in [0.1, 0.15) is 21.7 Å². The van der Waals surface area contributed by atoms with Gasteiger partial charge in [0.2, 0.25) is 19.5 Å². The van der Waals surface area contributed by atoms with Crippen molar-refractivity contribution in [3.8, 4) is 23.0 Å². The van der Waals surface area contributed by atoms with Gasteiger partial charge in [-0.2, -0.15) is 0 Å². The molecule has 0 atom stereocenters. The van der Waals surface area contributed by atoms with E-state index in [2.05, 4.69) is 6.58 Å². The maximum atomic E-state index is 13.5. The van der Waals surface area contributed by atoms with E-state index in [0.29, 0.717) is 40.9 Å². The van der Waals surface area contributed by atoms with Crippen molar-refractivity contribution < 1.29 is 33.0 Å². The maximum Gasteiger partial charge on any atom is 0.254 e. The van der Waals surface area contributed by atoms with Crippen molar-refractivity contribution in [2.75, 3.05) is 26.7 Å². The average molecular weight is 476 g/mol. The maximum absolute atomic E-state index is 13.5. The fourth-order valence-electron chi connectivity index (χ4n) is 3.93. The Labute approximate surface area is 202 Å². The molecule has 0 saturated carbocycles. The second-order valence-corrected chi connectivity index (χ2v) is 8.06. The number of carbonyl (C=O) groups is 2. The molecule has 9 nitrogen and oxygen atoms in total. The van der Waals surface area contributed by atoms with Gasteiger partial charge in [-0.3, -0.25) is 9.59 Å². The topological polar surface area (TPSA) is 90.7 Å². The van der Waals surface area contributed by atoms with E-state index < -0.39 is 0 Å². The average Bonchev–Trinajstić information content (AvgIpc) is 3.64. The lowest BCUT2D eigenvalue weighted by Gasteiger charge is -2.27. The quantitative estimate of drug-likeness (QED) is 0.436. The predicted octanol–water partition coefficient (Wildman–Crippen LogP) is 3.59. The Kier molecular flexibility index (Phi) is 6.30. The lowest BCUT2D eigenvalue weighted by Crippen LogP contribution is -2.42. The van der Waals surface area contributed by atoms with Crippen LogP contribution in [0.2, 0.25) is 0 Å². The fraction of sp³-hybridized carbons (Fsp3) is 0.231. The molecular formula is C26H24N2O7. The summed E-state index contributed by atoms with van der Waals surface area (Å²) in [5.74, 6) is 2.48. The standard InChI is InChI=1S/C26H24N2O7/c1-2-9-27(26(30)19-6-8-22-24(12-19)35-17-33-22)15-25(29)28(14-20-4-3-10-31-20)13-18-5-7-21-23(11-18)34-16-32-21/h2-8,10-12H,1,9,13-17H2. The number of nitrogens with zero attached hydrogens (tertiary/aromatic N) is 2. The van der Waals surface area contributed by atoms with Crippen LogP contribution < -0.4 is 18.9 Å². The molecule has 9 heteroatoms. The number of hydrogen-bond donors (Lipinski definition) is 0. The molecule has 1 aromatic heterocycles. The van der Waals surface area contributed by atoms with Gasteiger partial charge in [-0.05, 0) is 48.0 Å². The monoisotopic (exact) mass is 476 g/mol. The SMILES string of the molecule is C=CCN(CC(=O)N(Cc1ccc2c(c1)OCO2)Cc1ccco1)C(=O)c1ccc2c(c1)OCO2. The number of benzene rings is 2. The van der Waals surface area contributed by atoms with Crippen molar-refractivity contribution in [1.29, 1.82) is 0 Å². The Hall–Kier alpha value is -4.40. The number of rotatable bonds is 9. The number of carbonyl (C=O) groups excluding carboxylic acids is 2. The number of fused-ring (bicyclic) bond motifs is 2. The minimum absolute atomic E-state index is 0.115. The van der Waals surface area contributed by atoms with Gasteiger partial charge in [-0.15, -0.1) is 6.58 Å². The van der Waals surface area contributed by atoms with Gasteiger partial charge in [-0.1, -0.05) is 12.1 Å². The smallest absolute Gasteiger partial charge is 0.254 e. The van der Waals surface area contributed by atoms with Gasteiger partial charge in [0.05, 0.1) is 12.8 Å².